The maximum atomic E-state index is 12.4. The second kappa shape index (κ2) is 27.9. The number of unbranched alkanes of at least 4 members (excludes halogenated alkanes) is 8. The van der Waals surface area contributed by atoms with Crippen LogP contribution in [0.4, 0.5) is 0 Å². The number of hydrogen-bond donors (Lipinski definition) is 3. The number of carbonyl (C=O) groups is 1. The molecule has 0 saturated heterocycles. The van der Waals surface area contributed by atoms with Crippen LogP contribution in [0, 0.1) is 0 Å². The van der Waals surface area contributed by atoms with E-state index >= 15 is 0 Å². The second-order valence-corrected chi connectivity index (χ2v) is 11.8. The van der Waals surface area contributed by atoms with Gasteiger partial charge in [0.25, 0.3) is 10.1 Å². The lowest BCUT2D eigenvalue weighted by atomic mass is 10.1. The molecule has 0 heterocycles. The molecule has 234 valence electrons. The van der Waals surface area contributed by atoms with E-state index in [0.29, 0.717) is 12.8 Å². The molecule has 6 nitrogen and oxygen atoms in total. The van der Waals surface area contributed by atoms with E-state index in [0.717, 1.165) is 51.4 Å². The molecule has 0 aliphatic carbocycles. The first kappa shape index (κ1) is 38.8. The predicted octanol–water partition coefficient (Wildman–Crippen LogP) is 8.34. The lowest BCUT2D eigenvalue weighted by Crippen LogP contribution is -2.46. The molecule has 1 amide bonds. The van der Waals surface area contributed by atoms with Crippen molar-refractivity contribution in [2.45, 2.75) is 129 Å². The van der Waals surface area contributed by atoms with Crippen molar-refractivity contribution in [3.8, 4) is 0 Å². The van der Waals surface area contributed by atoms with Gasteiger partial charge in [-0.1, -0.05) is 112 Å². The molecule has 2 atom stereocenters. The zero-order chi connectivity index (χ0) is 30.4. The molecule has 2 unspecified atom stereocenters. The third-order valence-corrected chi connectivity index (χ3v) is 7.15. The number of rotatable bonds is 26. The van der Waals surface area contributed by atoms with Crippen molar-refractivity contribution >= 4 is 16.0 Å². The molecule has 7 heteroatoms. The summed E-state index contributed by atoms with van der Waals surface area (Å²) in [6, 6.07) is -1.10. The van der Waals surface area contributed by atoms with E-state index < -0.39 is 28.0 Å². The van der Waals surface area contributed by atoms with Crippen LogP contribution in [-0.4, -0.2) is 41.9 Å². The lowest BCUT2D eigenvalue weighted by Gasteiger charge is -2.21. The van der Waals surface area contributed by atoms with Crippen molar-refractivity contribution in [2.24, 2.45) is 0 Å². The van der Waals surface area contributed by atoms with E-state index in [4.69, 9.17) is 0 Å². The number of nitrogens with one attached hydrogen (secondary N) is 1. The van der Waals surface area contributed by atoms with E-state index in [2.05, 4.69) is 79.9 Å². The molecule has 0 rings (SSSR count). The molecule has 0 aliphatic rings. The Kier molecular flexibility index (Phi) is 26.4. The topological polar surface area (TPSA) is 104 Å². The van der Waals surface area contributed by atoms with E-state index in [1.54, 1.807) is 6.08 Å². The van der Waals surface area contributed by atoms with Gasteiger partial charge in [-0.2, -0.15) is 8.42 Å². The highest BCUT2D eigenvalue weighted by Gasteiger charge is 2.24. The highest BCUT2D eigenvalue weighted by Crippen LogP contribution is 2.08. The monoisotopic (exact) mass is 591 g/mol. The Balaban J connectivity index is 4.24. The maximum Gasteiger partial charge on any atom is 0.267 e. The minimum Gasteiger partial charge on any atom is -0.387 e. The van der Waals surface area contributed by atoms with Crippen LogP contribution in [0.25, 0.3) is 0 Å². The van der Waals surface area contributed by atoms with Crippen molar-refractivity contribution < 1.29 is 22.9 Å². The molecule has 0 aromatic carbocycles. The summed E-state index contributed by atoms with van der Waals surface area (Å²) < 4.78 is 32.2. The van der Waals surface area contributed by atoms with Crippen molar-refractivity contribution in [3.63, 3.8) is 0 Å². The number of hydrogen-bond acceptors (Lipinski definition) is 4. The largest absolute Gasteiger partial charge is 0.387 e. The molecular formula is C34H57NO5S. The third kappa shape index (κ3) is 29.1. The van der Waals surface area contributed by atoms with Gasteiger partial charge in [-0.15, -0.1) is 0 Å². The van der Waals surface area contributed by atoms with Gasteiger partial charge >= 0.3 is 0 Å². The average Bonchev–Trinajstić information content (AvgIpc) is 2.92. The predicted molar refractivity (Wildman–Crippen MR) is 174 cm³/mol. The molecule has 0 aliphatic heterocycles. The summed E-state index contributed by atoms with van der Waals surface area (Å²) in [4.78, 5) is 12.4. The van der Waals surface area contributed by atoms with Crippen LogP contribution in [-0.2, 0) is 14.9 Å². The van der Waals surface area contributed by atoms with E-state index in [-0.39, 0.29) is 12.3 Å². The number of carbonyl (C=O) groups excluding carboxylic acids is 1. The van der Waals surface area contributed by atoms with Crippen LogP contribution >= 0.6 is 0 Å². The standard InChI is InChI=1S/C34H57NO5S/c1-3-5-7-9-11-13-15-16-17-18-20-22-24-26-28-30-34(37)35-32(31-41(38,39)40)33(36)29-27-25-23-21-19-14-12-10-8-6-4-2/h5,7,11,13,16-17,19-22,27,29,32-33,36H,3-4,6,8-10,12,14-15,18,23-26,28,30-31H2,1-2H3,(H,35,37)(H,38,39,40)/b7-5-,13-11-,17-16-,21-19+,22-20-,29-27+. The smallest absolute Gasteiger partial charge is 0.267 e. The van der Waals surface area contributed by atoms with Gasteiger partial charge in [-0.05, 0) is 70.6 Å². The molecule has 0 fully saturated rings. The van der Waals surface area contributed by atoms with Gasteiger partial charge in [-0.25, -0.2) is 0 Å². The number of aliphatic hydroxyl groups is 1. The minimum absolute atomic E-state index is 0.231. The van der Waals surface area contributed by atoms with Crippen molar-refractivity contribution in [1.29, 1.82) is 0 Å². The lowest BCUT2D eigenvalue weighted by molar-refractivity contribution is -0.122. The van der Waals surface area contributed by atoms with Crippen LogP contribution in [0.3, 0.4) is 0 Å². The van der Waals surface area contributed by atoms with Gasteiger partial charge in [0.1, 0.15) is 0 Å². The molecular weight excluding hydrogens is 534 g/mol. The molecule has 0 saturated carbocycles. The Hall–Kier alpha value is -2.22. The zero-order valence-electron chi connectivity index (χ0n) is 25.6. The van der Waals surface area contributed by atoms with E-state index in [1.807, 2.05) is 0 Å². The SMILES string of the molecule is CC/C=C\C/C=C\C/C=C\C/C=C\CCCCC(=O)NC(CS(=O)(=O)O)C(O)/C=C/CC/C=C/CCCCCCC. The number of aliphatic hydroxyl groups excluding tert-OH is 1. The highest BCUT2D eigenvalue weighted by molar-refractivity contribution is 7.85. The molecule has 0 bridgehead atoms. The van der Waals surface area contributed by atoms with Crippen LogP contribution in [0.5, 0.6) is 0 Å². The summed E-state index contributed by atoms with van der Waals surface area (Å²) >= 11 is 0. The highest BCUT2D eigenvalue weighted by atomic mass is 32.2. The fourth-order valence-corrected chi connectivity index (χ4v) is 4.77. The van der Waals surface area contributed by atoms with Crippen molar-refractivity contribution in [3.05, 3.63) is 72.9 Å². The molecule has 0 radical (unpaired) electrons. The Labute approximate surface area is 251 Å². The summed E-state index contributed by atoms with van der Waals surface area (Å²) in [5, 5.41) is 13.0. The fourth-order valence-electron chi connectivity index (χ4n) is 4.04. The van der Waals surface area contributed by atoms with Crippen LogP contribution in [0.2, 0.25) is 0 Å². The Bertz CT molecular complexity index is 915. The Morgan fingerprint density at radius 2 is 1.20 bits per heavy atom. The number of amides is 1. The van der Waals surface area contributed by atoms with E-state index in [9.17, 15) is 22.9 Å². The Morgan fingerprint density at radius 1 is 0.683 bits per heavy atom. The molecule has 0 aromatic rings. The first-order valence-corrected chi connectivity index (χ1v) is 17.2. The van der Waals surface area contributed by atoms with Gasteiger partial charge in [-0.3, -0.25) is 9.35 Å². The quantitative estimate of drug-likeness (QED) is 0.0533. The summed E-state index contributed by atoms with van der Waals surface area (Å²) in [6.45, 7) is 4.34. The van der Waals surface area contributed by atoms with Crippen LogP contribution in [0.15, 0.2) is 72.9 Å². The first-order chi connectivity index (χ1) is 19.8. The third-order valence-electron chi connectivity index (χ3n) is 6.37. The average molecular weight is 592 g/mol. The normalized spacial score (nSPS) is 14.5. The van der Waals surface area contributed by atoms with Gasteiger partial charge in [0.05, 0.1) is 17.9 Å². The Morgan fingerprint density at radius 3 is 1.80 bits per heavy atom. The van der Waals surface area contributed by atoms with Crippen LogP contribution < -0.4 is 5.32 Å². The van der Waals surface area contributed by atoms with Gasteiger partial charge < -0.3 is 10.4 Å². The summed E-state index contributed by atoms with van der Waals surface area (Å²) in [6.07, 6.45) is 38.9. The summed E-state index contributed by atoms with van der Waals surface area (Å²) in [5.41, 5.74) is 0. The maximum absolute atomic E-state index is 12.4. The molecule has 3 N–H and O–H groups in total. The fraction of sp³-hybridized carbons (Fsp3) is 0.618. The first-order valence-electron chi connectivity index (χ1n) is 15.6. The van der Waals surface area contributed by atoms with Crippen LogP contribution in [0.1, 0.15) is 117 Å². The van der Waals surface area contributed by atoms with Gasteiger partial charge in [0.2, 0.25) is 5.91 Å². The second-order valence-electron chi connectivity index (χ2n) is 10.3. The molecule has 0 aromatic heterocycles. The van der Waals surface area contributed by atoms with Crippen molar-refractivity contribution in [2.75, 3.05) is 5.75 Å². The van der Waals surface area contributed by atoms with Gasteiger partial charge in [0.15, 0.2) is 0 Å². The minimum atomic E-state index is -4.36. The summed E-state index contributed by atoms with van der Waals surface area (Å²) in [5.74, 6) is -1.07. The summed E-state index contributed by atoms with van der Waals surface area (Å²) in [7, 11) is -4.36. The zero-order valence-corrected chi connectivity index (χ0v) is 26.4. The van der Waals surface area contributed by atoms with Crippen molar-refractivity contribution in [1.82, 2.24) is 5.32 Å². The molecule has 0 spiro atoms. The molecule has 41 heavy (non-hydrogen) atoms. The van der Waals surface area contributed by atoms with Gasteiger partial charge in [0, 0.05) is 6.42 Å². The van der Waals surface area contributed by atoms with E-state index in [1.165, 1.54) is 38.2 Å². The number of allylic oxidation sites excluding steroid dienone is 11.